The highest BCUT2D eigenvalue weighted by Gasteiger charge is 2.23. The predicted molar refractivity (Wildman–Crippen MR) is 254 cm³/mol. The Morgan fingerprint density at radius 1 is 0.377 bits per heavy atom. The molecule has 0 amide bonds. The highest BCUT2D eigenvalue weighted by Crippen LogP contribution is 2.44. The van der Waals surface area contributed by atoms with Gasteiger partial charge in [-0.05, 0) is 58.8 Å². The van der Waals surface area contributed by atoms with Gasteiger partial charge in [-0.25, -0.2) is 15.0 Å². The van der Waals surface area contributed by atoms with Gasteiger partial charge in [0, 0.05) is 70.0 Å². The molecule has 0 saturated carbocycles. The van der Waals surface area contributed by atoms with E-state index in [-0.39, 0.29) is 0 Å². The fourth-order valence-corrected chi connectivity index (χ4v) is 10.3. The van der Waals surface area contributed by atoms with Crippen LogP contribution in [0.5, 0.6) is 0 Å². The van der Waals surface area contributed by atoms with Crippen LogP contribution in [-0.2, 0) is 0 Å². The SMILES string of the molecule is c1ccc(-c2nc(-c3ccc4c(c3)sc3ccccc34)nc(-c3cccc4oc5cc(-n6c7ccccc7c7cc8ccccc8cc76)c(-c6ccccc6)cc5c34)n2)cc1. The number of aromatic nitrogens is 4. The average Bonchev–Trinajstić information content (AvgIpc) is 3.99. The Bertz CT molecular complexity index is 3880. The Balaban J connectivity index is 1.07. The van der Waals surface area contributed by atoms with Gasteiger partial charge in [-0.3, -0.25) is 0 Å². The molecule has 0 saturated heterocycles. The smallest absolute Gasteiger partial charge is 0.164 e. The number of para-hydroxylation sites is 1. The van der Waals surface area contributed by atoms with E-state index >= 15 is 0 Å². The molecule has 6 heteroatoms. The number of nitrogens with zero attached hydrogens (tertiary/aromatic N) is 4. The lowest BCUT2D eigenvalue weighted by Gasteiger charge is -2.15. The number of furan rings is 1. The topological polar surface area (TPSA) is 56.7 Å². The van der Waals surface area contributed by atoms with Crippen LogP contribution in [0.25, 0.3) is 126 Å². The van der Waals surface area contributed by atoms with Crippen LogP contribution in [0.3, 0.4) is 0 Å². The number of fused-ring (bicyclic) bond motifs is 10. The van der Waals surface area contributed by atoms with Gasteiger partial charge in [0.2, 0.25) is 0 Å². The third-order valence-corrected chi connectivity index (χ3v) is 13.2. The van der Waals surface area contributed by atoms with E-state index in [0.29, 0.717) is 17.5 Å². The zero-order valence-electron chi connectivity index (χ0n) is 32.6. The van der Waals surface area contributed by atoms with Gasteiger partial charge in [0.25, 0.3) is 0 Å². The molecule has 0 bridgehead atoms. The van der Waals surface area contributed by atoms with E-state index in [1.54, 1.807) is 11.3 Å². The summed E-state index contributed by atoms with van der Waals surface area (Å²) in [7, 11) is 0. The molecular formula is C55H32N4OS. The van der Waals surface area contributed by atoms with Gasteiger partial charge in [0.05, 0.1) is 16.7 Å². The minimum atomic E-state index is 0.591. The molecule has 0 aliphatic rings. The third kappa shape index (κ3) is 5.36. The Hall–Kier alpha value is -7.93. The van der Waals surface area contributed by atoms with Gasteiger partial charge in [-0.15, -0.1) is 11.3 Å². The van der Waals surface area contributed by atoms with Gasteiger partial charge in [-0.2, -0.15) is 0 Å². The summed E-state index contributed by atoms with van der Waals surface area (Å²) < 4.78 is 11.7. The third-order valence-electron chi connectivity index (χ3n) is 12.0. The normalized spacial score (nSPS) is 11.9. The Labute approximate surface area is 353 Å². The van der Waals surface area contributed by atoms with E-state index in [9.17, 15) is 0 Å². The summed E-state index contributed by atoms with van der Waals surface area (Å²) in [5.41, 5.74) is 9.86. The summed E-state index contributed by atoms with van der Waals surface area (Å²) in [5.74, 6) is 1.83. The van der Waals surface area contributed by atoms with E-state index < -0.39 is 0 Å². The molecule has 9 aromatic carbocycles. The first-order valence-corrected chi connectivity index (χ1v) is 21.2. The van der Waals surface area contributed by atoms with Crippen molar-refractivity contribution in [1.29, 1.82) is 0 Å². The maximum Gasteiger partial charge on any atom is 0.164 e. The predicted octanol–water partition coefficient (Wildman–Crippen LogP) is 15.1. The van der Waals surface area contributed by atoms with Crippen LogP contribution in [0.4, 0.5) is 0 Å². The fraction of sp³-hybridized carbons (Fsp3) is 0. The molecular weight excluding hydrogens is 765 g/mol. The van der Waals surface area contributed by atoms with Gasteiger partial charge in [-0.1, -0.05) is 146 Å². The van der Waals surface area contributed by atoms with Gasteiger partial charge >= 0.3 is 0 Å². The first-order valence-electron chi connectivity index (χ1n) is 20.4. The van der Waals surface area contributed by atoms with Crippen LogP contribution >= 0.6 is 11.3 Å². The molecule has 4 heterocycles. The van der Waals surface area contributed by atoms with Gasteiger partial charge in [0.1, 0.15) is 11.2 Å². The highest BCUT2D eigenvalue weighted by atomic mass is 32.1. The van der Waals surface area contributed by atoms with Crippen LogP contribution in [0.15, 0.2) is 199 Å². The van der Waals surface area contributed by atoms with Crippen LogP contribution < -0.4 is 0 Å². The van der Waals surface area contributed by atoms with E-state index in [0.717, 1.165) is 66.5 Å². The van der Waals surface area contributed by atoms with Crippen molar-refractivity contribution in [3.05, 3.63) is 194 Å². The van der Waals surface area contributed by atoms with Crippen LogP contribution in [0.2, 0.25) is 0 Å². The minimum Gasteiger partial charge on any atom is -0.456 e. The molecule has 0 fully saturated rings. The van der Waals surface area contributed by atoms with E-state index in [4.69, 9.17) is 19.4 Å². The summed E-state index contributed by atoms with van der Waals surface area (Å²) in [4.78, 5) is 15.6. The van der Waals surface area contributed by atoms with Crippen LogP contribution in [0, 0.1) is 0 Å². The number of benzene rings is 9. The van der Waals surface area contributed by atoms with Crippen LogP contribution in [-0.4, -0.2) is 19.5 Å². The van der Waals surface area contributed by atoms with Gasteiger partial charge < -0.3 is 8.98 Å². The Morgan fingerprint density at radius 3 is 1.89 bits per heavy atom. The summed E-state index contributed by atoms with van der Waals surface area (Å²) in [6, 6.07) is 68.6. The molecule has 0 radical (unpaired) electrons. The molecule has 5 nitrogen and oxygen atoms in total. The van der Waals surface area contributed by atoms with E-state index in [1.165, 1.54) is 41.7 Å². The zero-order chi connectivity index (χ0) is 40.0. The zero-order valence-corrected chi connectivity index (χ0v) is 33.4. The van der Waals surface area contributed by atoms with Crippen LogP contribution in [0.1, 0.15) is 0 Å². The average molecular weight is 797 g/mol. The summed E-state index contributed by atoms with van der Waals surface area (Å²) >= 11 is 1.79. The number of hydrogen-bond donors (Lipinski definition) is 0. The molecule has 0 aliphatic carbocycles. The van der Waals surface area contributed by atoms with Crippen molar-refractivity contribution in [2.45, 2.75) is 0 Å². The second kappa shape index (κ2) is 13.3. The number of thiophene rings is 1. The molecule has 0 spiro atoms. The van der Waals surface area contributed by atoms with Gasteiger partial charge in [0.15, 0.2) is 17.5 Å². The van der Waals surface area contributed by atoms with Crippen molar-refractivity contribution in [3.63, 3.8) is 0 Å². The van der Waals surface area contributed by atoms with Crippen molar-refractivity contribution in [2.75, 3.05) is 0 Å². The highest BCUT2D eigenvalue weighted by molar-refractivity contribution is 7.25. The first-order chi connectivity index (χ1) is 30.2. The number of hydrogen-bond acceptors (Lipinski definition) is 5. The van der Waals surface area contributed by atoms with Crippen molar-refractivity contribution in [1.82, 2.24) is 19.5 Å². The second-order valence-corrected chi connectivity index (χ2v) is 16.6. The molecule has 0 N–H and O–H groups in total. The quantitative estimate of drug-likeness (QED) is 0.174. The summed E-state index contributed by atoms with van der Waals surface area (Å²) in [6.45, 7) is 0. The number of rotatable bonds is 5. The second-order valence-electron chi connectivity index (χ2n) is 15.6. The lowest BCUT2D eigenvalue weighted by molar-refractivity contribution is 0.668. The molecule has 0 atom stereocenters. The minimum absolute atomic E-state index is 0.591. The van der Waals surface area contributed by atoms with Crippen molar-refractivity contribution in [3.8, 4) is 51.0 Å². The largest absolute Gasteiger partial charge is 0.456 e. The molecule has 4 aromatic heterocycles. The maximum atomic E-state index is 6.86. The summed E-state index contributed by atoms with van der Waals surface area (Å²) in [5, 5.41) is 9.30. The van der Waals surface area contributed by atoms with E-state index in [1.807, 2.05) is 30.3 Å². The lowest BCUT2D eigenvalue weighted by Crippen LogP contribution is -2.00. The maximum absolute atomic E-state index is 6.86. The monoisotopic (exact) mass is 796 g/mol. The van der Waals surface area contributed by atoms with Crippen molar-refractivity contribution < 1.29 is 4.42 Å². The first kappa shape index (κ1) is 34.0. The lowest BCUT2D eigenvalue weighted by atomic mass is 9.98. The Kier molecular flexibility index (Phi) is 7.41. The fourth-order valence-electron chi connectivity index (χ4n) is 9.20. The summed E-state index contributed by atoms with van der Waals surface area (Å²) in [6.07, 6.45) is 0. The van der Waals surface area contributed by atoms with Crippen molar-refractivity contribution in [2.24, 2.45) is 0 Å². The van der Waals surface area contributed by atoms with Crippen molar-refractivity contribution >= 4 is 86.0 Å². The molecule has 13 aromatic rings. The molecule has 284 valence electrons. The Morgan fingerprint density at radius 2 is 1.05 bits per heavy atom. The molecule has 13 rings (SSSR count). The molecule has 61 heavy (non-hydrogen) atoms. The standard InChI is InChI=1S/C55H32N4OS/c1-3-14-33(15-4-1)42-31-44-49(32-47(42)59-45-23-11-9-20-38(45)43-28-35-18-7-8-19-36(35)29-46(43)59)60-48-24-13-22-41(52(44)48)55-57-53(34-16-5-2-6-17-34)56-54(58-55)37-26-27-40-39-21-10-12-25-50(39)61-51(40)30-37/h1-32H. The molecule has 0 unspecified atom stereocenters. The molecule has 0 aliphatic heterocycles. The van der Waals surface area contributed by atoms with E-state index in [2.05, 4.69) is 168 Å².